The van der Waals surface area contributed by atoms with E-state index in [2.05, 4.69) is 6.92 Å². The van der Waals surface area contributed by atoms with Crippen LogP contribution in [-0.2, 0) is 4.79 Å². The predicted octanol–water partition coefficient (Wildman–Crippen LogP) is 3.62. The highest BCUT2D eigenvalue weighted by molar-refractivity contribution is 6.00. The molecule has 0 spiro atoms. The van der Waals surface area contributed by atoms with Crippen molar-refractivity contribution >= 4 is 11.9 Å². The third kappa shape index (κ3) is 3.37. The quantitative estimate of drug-likeness (QED) is 0.733. The first kappa shape index (κ1) is 13.7. The summed E-state index contributed by atoms with van der Waals surface area (Å²) in [5, 5.41) is 0. The van der Waals surface area contributed by atoms with Crippen LogP contribution in [0.5, 0.6) is 11.5 Å². The normalized spacial score (nSPS) is 13.3. The van der Waals surface area contributed by atoms with Gasteiger partial charge in [-0.3, -0.25) is 4.79 Å². The van der Waals surface area contributed by atoms with Gasteiger partial charge in [-0.25, -0.2) is 0 Å². The van der Waals surface area contributed by atoms with Gasteiger partial charge in [0.1, 0.15) is 18.1 Å². The second kappa shape index (κ2) is 6.41. The summed E-state index contributed by atoms with van der Waals surface area (Å²) < 4.78 is 10.8. The van der Waals surface area contributed by atoms with E-state index >= 15 is 0 Å². The minimum Gasteiger partial charge on any atom is -0.497 e. The van der Waals surface area contributed by atoms with Crippen molar-refractivity contribution in [1.82, 2.24) is 0 Å². The molecule has 0 saturated carbocycles. The number of ketones is 1. The molecule has 0 bridgehead atoms. The van der Waals surface area contributed by atoms with Crippen molar-refractivity contribution in [1.29, 1.82) is 0 Å². The predicted molar refractivity (Wildman–Crippen MR) is 75.6 cm³/mol. The molecule has 0 unspecified atom stereocenters. The number of ether oxygens (including phenoxy) is 2. The highest BCUT2D eigenvalue weighted by atomic mass is 16.5. The number of methoxy groups -OCH3 is 1. The Morgan fingerprint density at radius 2 is 2.21 bits per heavy atom. The third-order valence-electron chi connectivity index (χ3n) is 3.30. The van der Waals surface area contributed by atoms with Crippen molar-refractivity contribution in [2.24, 2.45) is 0 Å². The molecule has 0 amide bonds. The van der Waals surface area contributed by atoms with Gasteiger partial charge in [0.25, 0.3) is 0 Å². The Morgan fingerprint density at radius 3 is 2.95 bits per heavy atom. The molecule has 1 heterocycles. The van der Waals surface area contributed by atoms with E-state index in [1.54, 1.807) is 7.11 Å². The molecule has 0 atom stereocenters. The molecule has 102 valence electrons. The second-order valence-corrected chi connectivity index (χ2v) is 4.74. The number of carbonyl (C=O) groups is 1. The number of fused-ring (bicyclic) bond motifs is 1. The summed E-state index contributed by atoms with van der Waals surface area (Å²) in [6.45, 7) is 2.51. The molecule has 3 heteroatoms. The number of hydrogen-bond acceptors (Lipinski definition) is 3. The lowest BCUT2D eigenvalue weighted by molar-refractivity contribution is -0.116. The van der Waals surface area contributed by atoms with Crippen LogP contribution in [0.15, 0.2) is 23.8 Å². The molecule has 3 nitrogen and oxygen atoms in total. The zero-order chi connectivity index (χ0) is 13.7. The zero-order valence-electron chi connectivity index (χ0n) is 11.6. The van der Waals surface area contributed by atoms with E-state index in [1.165, 1.54) is 0 Å². The lowest BCUT2D eigenvalue weighted by atomic mass is 10.0. The van der Waals surface area contributed by atoms with Crippen LogP contribution in [0.4, 0.5) is 0 Å². The Morgan fingerprint density at radius 1 is 1.37 bits per heavy atom. The van der Waals surface area contributed by atoms with E-state index in [-0.39, 0.29) is 5.78 Å². The minimum atomic E-state index is 0.196. The fraction of sp³-hybridized carbons (Fsp3) is 0.438. The highest BCUT2D eigenvalue weighted by Gasteiger charge is 2.17. The topological polar surface area (TPSA) is 35.5 Å². The van der Waals surface area contributed by atoms with Crippen molar-refractivity contribution in [3.05, 3.63) is 29.3 Å². The number of carbonyl (C=O) groups excluding carboxylic acids is 1. The lowest BCUT2D eigenvalue weighted by Gasteiger charge is -2.17. The van der Waals surface area contributed by atoms with Gasteiger partial charge >= 0.3 is 0 Å². The number of benzene rings is 1. The largest absolute Gasteiger partial charge is 0.497 e. The maximum Gasteiger partial charge on any atom is 0.162 e. The molecule has 1 aromatic rings. The van der Waals surface area contributed by atoms with Crippen LogP contribution < -0.4 is 9.47 Å². The maximum atomic E-state index is 12.1. The second-order valence-electron chi connectivity index (χ2n) is 4.74. The van der Waals surface area contributed by atoms with Gasteiger partial charge in [0.15, 0.2) is 5.78 Å². The maximum absolute atomic E-state index is 12.1. The van der Waals surface area contributed by atoms with E-state index in [1.807, 2.05) is 24.3 Å². The molecule has 1 aliphatic heterocycles. The molecule has 0 aliphatic carbocycles. The molecule has 1 aliphatic rings. The summed E-state index contributed by atoms with van der Waals surface area (Å²) >= 11 is 0. The summed E-state index contributed by atoms with van der Waals surface area (Å²) in [5.41, 5.74) is 1.68. The number of unbranched alkanes of at least 4 members (excludes halogenated alkanes) is 2. The molecule has 0 aromatic heterocycles. The highest BCUT2D eigenvalue weighted by Crippen LogP contribution is 2.30. The van der Waals surface area contributed by atoms with E-state index in [9.17, 15) is 4.79 Å². The number of hydrogen-bond donors (Lipinski definition) is 0. The third-order valence-corrected chi connectivity index (χ3v) is 3.30. The first-order chi connectivity index (χ1) is 9.24. The summed E-state index contributed by atoms with van der Waals surface area (Å²) in [4.78, 5) is 12.1. The van der Waals surface area contributed by atoms with Crippen LogP contribution in [0.1, 0.15) is 38.2 Å². The summed E-state index contributed by atoms with van der Waals surface area (Å²) in [6, 6.07) is 5.64. The van der Waals surface area contributed by atoms with Gasteiger partial charge in [-0.15, -0.1) is 0 Å². The first-order valence-corrected chi connectivity index (χ1v) is 6.79. The van der Waals surface area contributed by atoms with Gasteiger partial charge in [-0.2, -0.15) is 0 Å². The molecular formula is C16H20O3. The fourth-order valence-electron chi connectivity index (χ4n) is 2.14. The van der Waals surface area contributed by atoms with E-state index in [0.29, 0.717) is 13.0 Å². The number of Topliss-reactive ketones (excluding diaryl/α,β-unsaturated/α-hetero) is 1. The van der Waals surface area contributed by atoms with E-state index < -0.39 is 0 Å². The average molecular weight is 260 g/mol. The standard InChI is InChI=1S/C16H20O3/c1-3-4-5-6-15(17)13-9-12-10-14(18-2)7-8-16(12)19-11-13/h7-10H,3-6,11H2,1-2H3. The van der Waals surface area contributed by atoms with Crippen molar-refractivity contribution < 1.29 is 14.3 Å². The Hall–Kier alpha value is -1.77. The van der Waals surface area contributed by atoms with Gasteiger partial charge < -0.3 is 9.47 Å². The van der Waals surface area contributed by atoms with Gasteiger partial charge in [-0.1, -0.05) is 19.8 Å². The Kier molecular flexibility index (Phi) is 4.61. The molecule has 0 saturated heterocycles. The smallest absolute Gasteiger partial charge is 0.162 e. The van der Waals surface area contributed by atoms with Crippen LogP contribution in [0.25, 0.3) is 6.08 Å². The zero-order valence-corrected chi connectivity index (χ0v) is 11.6. The van der Waals surface area contributed by atoms with Crippen LogP contribution in [0.2, 0.25) is 0 Å². The summed E-state index contributed by atoms with van der Waals surface area (Å²) in [6.07, 6.45) is 5.72. The molecule has 19 heavy (non-hydrogen) atoms. The monoisotopic (exact) mass is 260 g/mol. The van der Waals surface area contributed by atoms with Crippen molar-refractivity contribution in [3.8, 4) is 11.5 Å². The number of rotatable bonds is 6. The molecule has 0 radical (unpaired) electrons. The van der Waals surface area contributed by atoms with Crippen LogP contribution in [0, 0.1) is 0 Å². The van der Waals surface area contributed by atoms with Gasteiger partial charge in [0, 0.05) is 17.6 Å². The van der Waals surface area contributed by atoms with Crippen LogP contribution >= 0.6 is 0 Å². The van der Waals surface area contributed by atoms with Crippen molar-refractivity contribution in [3.63, 3.8) is 0 Å². The molecule has 2 rings (SSSR count). The molecular weight excluding hydrogens is 240 g/mol. The Labute approximate surface area is 114 Å². The molecule has 0 fully saturated rings. The molecule has 0 N–H and O–H groups in total. The Bertz CT molecular complexity index is 489. The first-order valence-electron chi connectivity index (χ1n) is 6.79. The SMILES string of the molecule is CCCCCC(=O)C1=Cc2cc(OC)ccc2OC1. The lowest BCUT2D eigenvalue weighted by Crippen LogP contribution is -2.14. The van der Waals surface area contributed by atoms with Crippen molar-refractivity contribution in [2.45, 2.75) is 32.6 Å². The van der Waals surface area contributed by atoms with Gasteiger partial charge in [0.2, 0.25) is 0 Å². The fourth-order valence-corrected chi connectivity index (χ4v) is 2.14. The summed E-state index contributed by atoms with van der Waals surface area (Å²) in [7, 11) is 1.63. The van der Waals surface area contributed by atoms with Gasteiger partial charge in [0.05, 0.1) is 7.11 Å². The van der Waals surface area contributed by atoms with E-state index in [4.69, 9.17) is 9.47 Å². The van der Waals surface area contributed by atoms with Crippen LogP contribution in [0.3, 0.4) is 0 Å². The van der Waals surface area contributed by atoms with E-state index in [0.717, 1.165) is 41.9 Å². The summed E-state index contributed by atoms with van der Waals surface area (Å²) in [5.74, 6) is 1.78. The Balaban J connectivity index is 2.11. The minimum absolute atomic E-state index is 0.196. The van der Waals surface area contributed by atoms with Crippen molar-refractivity contribution in [2.75, 3.05) is 13.7 Å². The van der Waals surface area contributed by atoms with Crippen LogP contribution in [-0.4, -0.2) is 19.5 Å². The van der Waals surface area contributed by atoms with Gasteiger partial charge in [-0.05, 0) is 30.7 Å². The average Bonchev–Trinajstić information content (AvgIpc) is 2.46. The molecule has 1 aromatic carbocycles.